The molecular weight excluding hydrogens is 242 g/mol. The summed E-state index contributed by atoms with van der Waals surface area (Å²) in [6, 6.07) is 3.89. The van der Waals surface area contributed by atoms with Crippen molar-refractivity contribution in [2.24, 2.45) is 0 Å². The number of carbonyl (C=O) groups is 1. The summed E-state index contributed by atoms with van der Waals surface area (Å²) >= 11 is 0. The lowest BCUT2D eigenvalue weighted by atomic mass is 9.93. The molecule has 2 unspecified atom stereocenters. The molecule has 0 bridgehead atoms. The van der Waals surface area contributed by atoms with E-state index in [4.69, 9.17) is 4.74 Å². The van der Waals surface area contributed by atoms with Crippen LogP contribution in [0.1, 0.15) is 55.5 Å². The lowest BCUT2D eigenvalue weighted by Crippen LogP contribution is -2.30. The Balaban J connectivity index is 2.42. The van der Waals surface area contributed by atoms with Crippen LogP contribution >= 0.6 is 0 Å². The lowest BCUT2D eigenvalue weighted by molar-refractivity contribution is -0.119. The fourth-order valence-electron chi connectivity index (χ4n) is 2.54. The number of hydrogen-bond donors (Lipinski definition) is 2. The van der Waals surface area contributed by atoms with E-state index < -0.39 is 6.10 Å². The Morgan fingerprint density at radius 2 is 2.32 bits per heavy atom. The van der Waals surface area contributed by atoms with Gasteiger partial charge in [0, 0.05) is 18.9 Å². The summed E-state index contributed by atoms with van der Waals surface area (Å²) in [6.07, 6.45) is 0.964. The van der Waals surface area contributed by atoms with Gasteiger partial charge in [0.15, 0.2) is 0 Å². The number of benzene rings is 1. The van der Waals surface area contributed by atoms with Gasteiger partial charge in [-0.1, -0.05) is 6.92 Å². The van der Waals surface area contributed by atoms with E-state index >= 15 is 0 Å². The second kappa shape index (κ2) is 5.61. The van der Waals surface area contributed by atoms with E-state index in [2.05, 4.69) is 5.32 Å². The monoisotopic (exact) mass is 263 g/mol. The van der Waals surface area contributed by atoms with E-state index in [1.807, 2.05) is 26.0 Å². The van der Waals surface area contributed by atoms with Crippen LogP contribution in [0.25, 0.3) is 0 Å². The summed E-state index contributed by atoms with van der Waals surface area (Å²) < 4.78 is 5.70. The lowest BCUT2D eigenvalue weighted by Gasteiger charge is -2.29. The van der Waals surface area contributed by atoms with Crippen LogP contribution in [0, 0.1) is 6.92 Å². The molecule has 1 aromatic carbocycles. The molecule has 0 fully saturated rings. The number of ether oxygens (including phenoxy) is 1. The molecule has 0 saturated heterocycles. The quantitative estimate of drug-likeness (QED) is 0.880. The van der Waals surface area contributed by atoms with Gasteiger partial charge < -0.3 is 15.2 Å². The molecule has 4 nitrogen and oxygen atoms in total. The number of aliphatic hydroxyl groups is 1. The number of rotatable bonds is 3. The molecule has 0 saturated carbocycles. The molecule has 0 radical (unpaired) electrons. The van der Waals surface area contributed by atoms with Crippen molar-refractivity contribution in [3.63, 3.8) is 0 Å². The van der Waals surface area contributed by atoms with Crippen molar-refractivity contribution in [3.05, 3.63) is 28.8 Å². The molecule has 104 valence electrons. The molecule has 0 spiro atoms. The predicted molar refractivity (Wildman–Crippen MR) is 73.1 cm³/mol. The first-order chi connectivity index (χ1) is 9.02. The molecule has 19 heavy (non-hydrogen) atoms. The highest BCUT2D eigenvalue weighted by atomic mass is 16.5. The maximum Gasteiger partial charge on any atom is 0.217 e. The summed E-state index contributed by atoms with van der Waals surface area (Å²) in [5.74, 6) is 0.800. The highest BCUT2D eigenvalue weighted by Crippen LogP contribution is 2.37. The largest absolute Gasteiger partial charge is 0.493 e. The van der Waals surface area contributed by atoms with Crippen LogP contribution in [0.2, 0.25) is 0 Å². The molecular formula is C15H21NO3. The van der Waals surface area contributed by atoms with Gasteiger partial charge in [0.1, 0.15) is 5.75 Å². The normalized spacial score (nSPS) is 19.3. The second-order valence-corrected chi connectivity index (χ2v) is 5.07. The third-order valence-electron chi connectivity index (χ3n) is 3.50. The molecule has 1 aliphatic rings. The maximum atomic E-state index is 11.3. The number of aryl methyl sites for hydroxylation is 1. The Hall–Kier alpha value is -1.55. The van der Waals surface area contributed by atoms with Gasteiger partial charge in [0.05, 0.1) is 18.8 Å². The van der Waals surface area contributed by atoms with Crippen LogP contribution in [-0.2, 0) is 4.79 Å². The third kappa shape index (κ3) is 2.89. The van der Waals surface area contributed by atoms with Gasteiger partial charge in [-0.05, 0) is 36.6 Å². The van der Waals surface area contributed by atoms with Gasteiger partial charge in [0.2, 0.25) is 5.91 Å². The fraction of sp³-hybridized carbons (Fsp3) is 0.533. The smallest absolute Gasteiger partial charge is 0.217 e. The van der Waals surface area contributed by atoms with E-state index in [1.54, 1.807) is 0 Å². The average molecular weight is 263 g/mol. The highest BCUT2D eigenvalue weighted by molar-refractivity contribution is 5.73. The van der Waals surface area contributed by atoms with Crippen LogP contribution in [0.4, 0.5) is 0 Å². The van der Waals surface area contributed by atoms with E-state index in [1.165, 1.54) is 6.92 Å². The number of aliphatic hydroxyl groups excluding tert-OH is 1. The van der Waals surface area contributed by atoms with Crippen molar-refractivity contribution < 1.29 is 14.6 Å². The molecule has 2 atom stereocenters. The number of hydrogen-bond acceptors (Lipinski definition) is 3. The van der Waals surface area contributed by atoms with E-state index in [0.29, 0.717) is 13.0 Å². The highest BCUT2D eigenvalue weighted by Gasteiger charge is 2.25. The Labute approximate surface area is 113 Å². The van der Waals surface area contributed by atoms with E-state index in [-0.39, 0.29) is 11.9 Å². The Morgan fingerprint density at radius 1 is 1.58 bits per heavy atom. The fourth-order valence-corrected chi connectivity index (χ4v) is 2.54. The van der Waals surface area contributed by atoms with E-state index in [9.17, 15) is 9.90 Å². The molecule has 1 heterocycles. The summed E-state index contributed by atoms with van der Waals surface area (Å²) in [5.41, 5.74) is 2.87. The van der Waals surface area contributed by atoms with Crippen LogP contribution in [0.15, 0.2) is 12.1 Å². The zero-order valence-corrected chi connectivity index (χ0v) is 11.7. The van der Waals surface area contributed by atoms with Crippen molar-refractivity contribution >= 4 is 5.91 Å². The standard InChI is InChI=1S/C15H21NO3/c1-4-14(18)11-7-9(2)15-12(8-11)13(5-6-19-15)16-10(3)17/h7-8,13-14,18H,4-6H2,1-3H3,(H,16,17). The SMILES string of the molecule is CCC(O)c1cc(C)c2c(c1)C(NC(C)=O)CCO2. The van der Waals surface area contributed by atoms with Crippen molar-refractivity contribution in [3.8, 4) is 5.75 Å². The average Bonchev–Trinajstić information content (AvgIpc) is 2.38. The van der Waals surface area contributed by atoms with Crippen LogP contribution < -0.4 is 10.1 Å². The van der Waals surface area contributed by atoms with Gasteiger partial charge in [-0.3, -0.25) is 4.79 Å². The first-order valence-electron chi connectivity index (χ1n) is 6.75. The van der Waals surface area contributed by atoms with Gasteiger partial charge in [-0.25, -0.2) is 0 Å². The van der Waals surface area contributed by atoms with Gasteiger partial charge in [-0.15, -0.1) is 0 Å². The summed E-state index contributed by atoms with van der Waals surface area (Å²) in [5, 5.41) is 12.9. The molecule has 0 aromatic heterocycles. The molecule has 2 rings (SSSR count). The number of fused-ring (bicyclic) bond motifs is 1. The molecule has 1 amide bonds. The van der Waals surface area contributed by atoms with Crippen molar-refractivity contribution in [2.75, 3.05) is 6.61 Å². The first-order valence-corrected chi connectivity index (χ1v) is 6.75. The zero-order valence-electron chi connectivity index (χ0n) is 11.7. The minimum atomic E-state index is -0.469. The molecule has 2 N–H and O–H groups in total. The van der Waals surface area contributed by atoms with Crippen molar-refractivity contribution in [2.45, 2.75) is 45.8 Å². The second-order valence-electron chi connectivity index (χ2n) is 5.07. The number of carbonyl (C=O) groups excluding carboxylic acids is 1. The van der Waals surface area contributed by atoms with Crippen LogP contribution in [0.3, 0.4) is 0 Å². The molecule has 4 heteroatoms. The van der Waals surface area contributed by atoms with Gasteiger partial charge in [0.25, 0.3) is 0 Å². The summed E-state index contributed by atoms with van der Waals surface area (Å²) in [6.45, 7) is 6.04. The van der Waals surface area contributed by atoms with E-state index in [0.717, 1.165) is 28.9 Å². The summed E-state index contributed by atoms with van der Waals surface area (Å²) in [7, 11) is 0. The first kappa shape index (κ1) is 13.9. The zero-order chi connectivity index (χ0) is 14.0. The molecule has 1 aliphatic heterocycles. The Morgan fingerprint density at radius 3 is 2.95 bits per heavy atom. The Bertz CT molecular complexity index is 485. The topological polar surface area (TPSA) is 58.6 Å². The Kier molecular flexibility index (Phi) is 4.10. The maximum absolute atomic E-state index is 11.3. The summed E-state index contributed by atoms with van der Waals surface area (Å²) in [4.78, 5) is 11.3. The van der Waals surface area contributed by atoms with Crippen LogP contribution in [0.5, 0.6) is 5.75 Å². The van der Waals surface area contributed by atoms with Crippen LogP contribution in [-0.4, -0.2) is 17.6 Å². The third-order valence-corrected chi connectivity index (χ3v) is 3.50. The minimum absolute atomic E-state index is 0.0241. The van der Waals surface area contributed by atoms with Crippen molar-refractivity contribution in [1.82, 2.24) is 5.32 Å². The van der Waals surface area contributed by atoms with Gasteiger partial charge >= 0.3 is 0 Å². The molecule has 0 aliphatic carbocycles. The van der Waals surface area contributed by atoms with Crippen molar-refractivity contribution in [1.29, 1.82) is 0 Å². The number of amides is 1. The van der Waals surface area contributed by atoms with Gasteiger partial charge in [-0.2, -0.15) is 0 Å². The predicted octanol–water partition coefficient (Wildman–Crippen LogP) is 2.40. The molecule has 1 aromatic rings. The number of nitrogens with one attached hydrogen (secondary N) is 1. The minimum Gasteiger partial charge on any atom is -0.493 e.